The number of methoxy groups -OCH3 is 1. The van der Waals surface area contributed by atoms with Crippen LogP contribution in [-0.4, -0.2) is 49.9 Å². The first-order valence-electron chi connectivity index (χ1n) is 10.4. The number of likely N-dealkylation sites (N-methyl/N-ethyl adjacent to an activating group) is 1. The quantitative estimate of drug-likeness (QED) is 0.559. The Morgan fingerprint density at radius 2 is 1.72 bits per heavy atom. The van der Waals surface area contributed by atoms with E-state index in [4.69, 9.17) is 25.8 Å². The Balaban J connectivity index is 1.64. The minimum Gasteiger partial charge on any atom is -0.497 e. The molecule has 1 amide bonds. The highest BCUT2D eigenvalue weighted by Crippen LogP contribution is 2.42. The van der Waals surface area contributed by atoms with Gasteiger partial charge in [0, 0.05) is 24.1 Å². The molecule has 170 valence electrons. The van der Waals surface area contributed by atoms with Gasteiger partial charge in [-0.25, -0.2) is 4.79 Å². The van der Waals surface area contributed by atoms with Crippen molar-refractivity contribution >= 4 is 29.3 Å². The molecule has 0 bridgehead atoms. The Morgan fingerprint density at radius 3 is 2.38 bits per heavy atom. The summed E-state index contributed by atoms with van der Waals surface area (Å²) in [6, 6.07) is 13.8. The van der Waals surface area contributed by atoms with Crippen LogP contribution in [0.1, 0.15) is 31.2 Å². The van der Waals surface area contributed by atoms with Crippen LogP contribution in [0, 0.1) is 0 Å². The summed E-state index contributed by atoms with van der Waals surface area (Å²) in [5.74, 6) is -0.112. The summed E-state index contributed by atoms with van der Waals surface area (Å²) < 4.78 is 15.5. The molecular formula is C24H26ClNO6. The molecule has 0 aliphatic heterocycles. The molecule has 0 aromatic heterocycles. The van der Waals surface area contributed by atoms with E-state index >= 15 is 0 Å². The van der Waals surface area contributed by atoms with Crippen LogP contribution in [0.3, 0.4) is 0 Å². The molecule has 0 saturated heterocycles. The van der Waals surface area contributed by atoms with Crippen LogP contribution in [0.4, 0.5) is 0 Å². The molecule has 0 spiro atoms. The highest BCUT2D eigenvalue weighted by atomic mass is 35.5. The van der Waals surface area contributed by atoms with Crippen molar-refractivity contribution in [3.05, 3.63) is 59.1 Å². The Kier molecular flexibility index (Phi) is 7.75. The van der Waals surface area contributed by atoms with E-state index < -0.39 is 24.0 Å². The Bertz CT molecular complexity index is 977. The van der Waals surface area contributed by atoms with Gasteiger partial charge < -0.3 is 19.1 Å². The molecule has 32 heavy (non-hydrogen) atoms. The zero-order chi connectivity index (χ0) is 23.1. The zero-order valence-electron chi connectivity index (χ0n) is 18.1. The average molecular weight is 460 g/mol. The van der Waals surface area contributed by atoms with Crippen LogP contribution in [0.5, 0.6) is 11.5 Å². The SMILES string of the molecule is COc1ccc(OCC(=O)OCC(=O)N(C)C2(c3ccccc3Cl)CCCCC2=O)cc1. The number of rotatable bonds is 8. The van der Waals surface area contributed by atoms with Gasteiger partial charge in [-0.15, -0.1) is 0 Å². The molecule has 8 heteroatoms. The van der Waals surface area contributed by atoms with E-state index in [0.29, 0.717) is 34.9 Å². The minimum absolute atomic E-state index is 0.0677. The predicted molar refractivity (Wildman–Crippen MR) is 119 cm³/mol. The smallest absolute Gasteiger partial charge is 0.344 e. The van der Waals surface area contributed by atoms with Crippen molar-refractivity contribution in [1.82, 2.24) is 4.90 Å². The normalized spacial score (nSPS) is 18.0. The van der Waals surface area contributed by atoms with E-state index in [1.807, 2.05) is 0 Å². The zero-order valence-corrected chi connectivity index (χ0v) is 18.9. The maximum atomic E-state index is 13.1. The average Bonchev–Trinajstić information content (AvgIpc) is 2.82. The number of hydrogen-bond donors (Lipinski definition) is 0. The number of esters is 1. The lowest BCUT2D eigenvalue weighted by Crippen LogP contribution is -2.55. The molecule has 1 unspecified atom stereocenters. The van der Waals surface area contributed by atoms with Crippen LogP contribution in [-0.2, 0) is 24.7 Å². The lowest BCUT2D eigenvalue weighted by Gasteiger charge is -2.43. The summed E-state index contributed by atoms with van der Waals surface area (Å²) in [4.78, 5) is 39.4. The van der Waals surface area contributed by atoms with Crippen LogP contribution in [0.15, 0.2) is 48.5 Å². The summed E-state index contributed by atoms with van der Waals surface area (Å²) in [7, 11) is 3.11. The molecule has 1 saturated carbocycles. The Hall–Kier alpha value is -3.06. The van der Waals surface area contributed by atoms with Gasteiger partial charge in [-0.2, -0.15) is 0 Å². The molecule has 0 radical (unpaired) electrons. The second-order valence-electron chi connectivity index (χ2n) is 7.55. The third-order valence-corrected chi connectivity index (χ3v) is 6.02. The van der Waals surface area contributed by atoms with Gasteiger partial charge in [0.25, 0.3) is 5.91 Å². The van der Waals surface area contributed by atoms with Crippen molar-refractivity contribution in [2.75, 3.05) is 27.4 Å². The summed E-state index contributed by atoms with van der Waals surface area (Å²) in [5.41, 5.74) is -0.573. The second-order valence-corrected chi connectivity index (χ2v) is 7.96. The van der Waals surface area contributed by atoms with Gasteiger partial charge in [0.15, 0.2) is 19.0 Å². The summed E-state index contributed by atoms with van der Waals surface area (Å²) in [6.45, 7) is -0.849. The number of hydrogen-bond acceptors (Lipinski definition) is 6. The Morgan fingerprint density at radius 1 is 1.03 bits per heavy atom. The molecule has 0 N–H and O–H groups in total. The van der Waals surface area contributed by atoms with Gasteiger partial charge in [-0.05, 0) is 49.6 Å². The first-order chi connectivity index (χ1) is 15.4. The minimum atomic E-state index is -1.17. The highest BCUT2D eigenvalue weighted by molar-refractivity contribution is 6.31. The summed E-state index contributed by atoms with van der Waals surface area (Å²) in [6.07, 6.45) is 2.37. The summed E-state index contributed by atoms with van der Waals surface area (Å²) >= 11 is 6.41. The van der Waals surface area contributed by atoms with Gasteiger partial charge in [-0.1, -0.05) is 29.8 Å². The number of ketones is 1. The maximum Gasteiger partial charge on any atom is 0.344 e. The first-order valence-corrected chi connectivity index (χ1v) is 10.7. The number of halogens is 1. The molecule has 3 rings (SSSR count). The number of carbonyl (C=O) groups excluding carboxylic acids is 3. The molecule has 1 aliphatic carbocycles. The lowest BCUT2D eigenvalue weighted by atomic mass is 9.74. The number of carbonyl (C=O) groups is 3. The van der Waals surface area contributed by atoms with Crippen molar-refractivity contribution < 1.29 is 28.6 Å². The third kappa shape index (κ3) is 5.05. The van der Waals surface area contributed by atoms with Crippen LogP contribution < -0.4 is 9.47 Å². The van der Waals surface area contributed by atoms with Crippen LogP contribution >= 0.6 is 11.6 Å². The van der Waals surface area contributed by atoms with Crippen molar-refractivity contribution in [3.63, 3.8) is 0 Å². The fourth-order valence-electron chi connectivity index (χ4n) is 3.94. The van der Waals surface area contributed by atoms with Crippen molar-refractivity contribution in [2.24, 2.45) is 0 Å². The topological polar surface area (TPSA) is 82.1 Å². The highest BCUT2D eigenvalue weighted by Gasteiger charge is 2.47. The van der Waals surface area contributed by atoms with E-state index in [9.17, 15) is 14.4 Å². The molecular weight excluding hydrogens is 434 g/mol. The molecule has 7 nitrogen and oxygen atoms in total. The largest absolute Gasteiger partial charge is 0.497 e. The standard InChI is InChI=1S/C24H26ClNO6/c1-26(24(14-6-5-9-21(24)27)19-7-3-4-8-20(19)25)22(28)15-32-23(29)16-31-18-12-10-17(30-2)11-13-18/h3-4,7-8,10-13H,5-6,9,14-16H2,1-2H3. The number of benzene rings is 2. The molecule has 1 atom stereocenters. The number of amides is 1. The predicted octanol–water partition coefficient (Wildman–Crippen LogP) is 3.77. The fraction of sp³-hybridized carbons (Fsp3) is 0.375. The molecule has 2 aromatic rings. The van der Waals surface area contributed by atoms with Crippen molar-refractivity contribution in [3.8, 4) is 11.5 Å². The monoisotopic (exact) mass is 459 g/mol. The number of Topliss-reactive ketones (excluding diaryl/α,β-unsaturated/α-hetero) is 1. The Labute approximate surface area is 192 Å². The first kappa shape index (κ1) is 23.6. The summed E-state index contributed by atoms with van der Waals surface area (Å²) in [5, 5.41) is 0.423. The molecule has 2 aromatic carbocycles. The van der Waals surface area contributed by atoms with Crippen LogP contribution in [0.2, 0.25) is 5.02 Å². The fourth-order valence-corrected chi connectivity index (χ4v) is 4.23. The van der Waals surface area contributed by atoms with Gasteiger partial charge in [0.05, 0.1) is 7.11 Å². The maximum absolute atomic E-state index is 13.1. The van der Waals surface area contributed by atoms with E-state index in [-0.39, 0.29) is 12.4 Å². The van der Waals surface area contributed by atoms with Gasteiger partial charge in [-0.3, -0.25) is 9.59 Å². The van der Waals surface area contributed by atoms with E-state index in [0.717, 1.165) is 12.8 Å². The molecule has 1 fully saturated rings. The van der Waals surface area contributed by atoms with E-state index in [2.05, 4.69) is 0 Å². The van der Waals surface area contributed by atoms with Crippen molar-refractivity contribution in [1.29, 1.82) is 0 Å². The van der Waals surface area contributed by atoms with Gasteiger partial charge in [0.1, 0.15) is 17.0 Å². The van der Waals surface area contributed by atoms with Crippen molar-refractivity contribution in [2.45, 2.75) is 31.2 Å². The third-order valence-electron chi connectivity index (χ3n) is 5.69. The second kappa shape index (κ2) is 10.5. The van der Waals surface area contributed by atoms with Gasteiger partial charge >= 0.3 is 5.97 Å². The van der Waals surface area contributed by atoms with Crippen LogP contribution in [0.25, 0.3) is 0 Å². The van der Waals surface area contributed by atoms with E-state index in [1.165, 1.54) is 4.90 Å². The number of ether oxygens (including phenoxy) is 3. The van der Waals surface area contributed by atoms with Gasteiger partial charge in [0.2, 0.25) is 0 Å². The van der Waals surface area contributed by atoms with E-state index in [1.54, 1.807) is 62.7 Å². The lowest BCUT2D eigenvalue weighted by molar-refractivity contribution is -0.158. The molecule has 1 aliphatic rings. The molecule has 0 heterocycles. The number of nitrogens with zero attached hydrogens (tertiary/aromatic N) is 1.